The molecular formula is C57H85N9O9. The molecule has 2 aromatic rings. The molecule has 5 rings (SSSR count). The van der Waals surface area contributed by atoms with Gasteiger partial charge in [0.25, 0.3) is 0 Å². The van der Waals surface area contributed by atoms with E-state index in [2.05, 4.69) is 37.2 Å². The van der Waals surface area contributed by atoms with Crippen molar-refractivity contribution in [2.45, 2.75) is 188 Å². The van der Waals surface area contributed by atoms with Gasteiger partial charge in [0.05, 0.1) is 0 Å². The highest BCUT2D eigenvalue weighted by Crippen LogP contribution is 2.27. The van der Waals surface area contributed by atoms with Gasteiger partial charge in [-0.3, -0.25) is 43.2 Å². The van der Waals surface area contributed by atoms with Gasteiger partial charge in [0.1, 0.15) is 54.4 Å². The van der Waals surface area contributed by atoms with Gasteiger partial charge in [0, 0.05) is 25.9 Å². The topological polar surface area (TPSA) is 244 Å². The molecule has 0 aromatic heterocycles. The molecule has 18 nitrogen and oxygen atoms in total. The molecule has 0 aliphatic carbocycles. The van der Waals surface area contributed by atoms with Gasteiger partial charge in [-0.2, -0.15) is 0 Å². The molecule has 18 heteroatoms. The molecule has 3 heterocycles. The van der Waals surface area contributed by atoms with Crippen molar-refractivity contribution in [1.82, 2.24) is 47.0 Å². The van der Waals surface area contributed by atoms with Crippen molar-refractivity contribution in [3.05, 3.63) is 71.8 Å². The van der Waals surface area contributed by atoms with Crippen LogP contribution in [0.15, 0.2) is 60.7 Å². The summed E-state index contributed by atoms with van der Waals surface area (Å²) in [7, 11) is 0. The summed E-state index contributed by atoms with van der Waals surface area (Å²) in [4.78, 5) is 135. The van der Waals surface area contributed by atoms with Crippen LogP contribution in [0.4, 0.5) is 0 Å². The normalized spacial score (nSPS) is 28.0. The first-order valence-corrected chi connectivity index (χ1v) is 27.6. The minimum absolute atomic E-state index is 0.0222. The number of carbonyl (C=O) groups is 9. The number of carbonyl (C=O) groups excluding carboxylic acids is 9. The van der Waals surface area contributed by atoms with E-state index in [0.717, 1.165) is 5.56 Å². The fourth-order valence-corrected chi connectivity index (χ4v) is 10.2. The first-order valence-electron chi connectivity index (χ1n) is 27.6. The number of hydrogen-bond acceptors (Lipinski definition) is 9. The predicted molar refractivity (Wildman–Crippen MR) is 286 cm³/mol. The van der Waals surface area contributed by atoms with Gasteiger partial charge < -0.3 is 47.0 Å². The summed E-state index contributed by atoms with van der Waals surface area (Å²) in [6.45, 7) is 18.8. The highest BCUT2D eigenvalue weighted by atomic mass is 16.2. The third-order valence-electron chi connectivity index (χ3n) is 15.9. The van der Waals surface area contributed by atoms with E-state index in [4.69, 9.17) is 0 Å². The van der Waals surface area contributed by atoms with Gasteiger partial charge in [-0.05, 0) is 66.4 Å². The molecular weight excluding hydrogens is 955 g/mol. The van der Waals surface area contributed by atoms with E-state index < -0.39 is 137 Å². The molecule has 3 saturated heterocycles. The standard InChI is InChI=1S/C57H85N9O9/c1-11-34(7)45-53(71)63-47(36(9)13-3)55(73)64-48(37(10)14-4)54(72)62-46(35(8)12-2)52(70)60-44(33(5)6)57(75)66-30-22-28-43(66)56(74)65-29-21-27-42(65)51(69)59-40(31-38-23-17-15-18-24-38)49(67)58-41(50(68)61-45)32-39-25-19-16-20-26-39/h15-20,23-26,33-37,40-48H,11-14,21-22,27-32H2,1-10H3,(H,58,67)(H,59,69)(H,60,70)(H,61,68)(H,62,72)(H,63,71)(H,64,73)/t34-,35+,36-,37-,40-,41-,42-,43-,44-,45-,46-,47-,48-/m0/s1. The van der Waals surface area contributed by atoms with E-state index in [1.165, 1.54) is 9.80 Å². The summed E-state index contributed by atoms with van der Waals surface area (Å²) in [5.41, 5.74) is 1.44. The maximum Gasteiger partial charge on any atom is 0.246 e. The van der Waals surface area contributed by atoms with Crippen molar-refractivity contribution in [3.63, 3.8) is 0 Å². The Morgan fingerprint density at radius 3 is 1.09 bits per heavy atom. The molecule has 3 fully saturated rings. The number of nitrogens with one attached hydrogen (secondary N) is 7. The van der Waals surface area contributed by atoms with Crippen LogP contribution in [0.2, 0.25) is 0 Å². The minimum Gasteiger partial charge on any atom is -0.342 e. The smallest absolute Gasteiger partial charge is 0.246 e. The Balaban J connectivity index is 1.61. The Labute approximate surface area is 444 Å². The third-order valence-corrected chi connectivity index (χ3v) is 15.9. The van der Waals surface area contributed by atoms with Gasteiger partial charge in [-0.15, -0.1) is 0 Å². The summed E-state index contributed by atoms with van der Waals surface area (Å²) in [6, 6.07) is 8.15. The first-order chi connectivity index (χ1) is 35.7. The average molecular weight is 1040 g/mol. The lowest BCUT2D eigenvalue weighted by Crippen LogP contribution is -2.63. The van der Waals surface area contributed by atoms with Crippen molar-refractivity contribution >= 4 is 53.2 Å². The molecule has 2 aromatic carbocycles. The molecule has 0 unspecified atom stereocenters. The van der Waals surface area contributed by atoms with Crippen LogP contribution in [0.25, 0.3) is 0 Å². The van der Waals surface area contributed by atoms with Crippen molar-refractivity contribution in [3.8, 4) is 0 Å². The Morgan fingerprint density at radius 1 is 0.400 bits per heavy atom. The molecule has 0 saturated carbocycles. The number of nitrogens with zero attached hydrogens (tertiary/aromatic N) is 2. The third kappa shape index (κ3) is 15.4. The van der Waals surface area contributed by atoms with Gasteiger partial charge >= 0.3 is 0 Å². The maximum absolute atomic E-state index is 14.8. The van der Waals surface area contributed by atoms with E-state index in [9.17, 15) is 43.2 Å². The summed E-state index contributed by atoms with van der Waals surface area (Å²) >= 11 is 0. The molecule has 9 amide bonds. The number of amides is 9. The van der Waals surface area contributed by atoms with E-state index >= 15 is 0 Å². The molecule has 75 heavy (non-hydrogen) atoms. The monoisotopic (exact) mass is 1040 g/mol. The zero-order valence-electron chi connectivity index (χ0n) is 45.9. The second kappa shape index (κ2) is 28.0. The molecule has 7 N–H and O–H groups in total. The largest absolute Gasteiger partial charge is 0.342 e. The van der Waals surface area contributed by atoms with Crippen molar-refractivity contribution in [2.24, 2.45) is 29.6 Å². The molecule has 3 aliphatic heterocycles. The van der Waals surface area contributed by atoms with Crippen LogP contribution in [0.3, 0.4) is 0 Å². The predicted octanol–water partition coefficient (Wildman–Crippen LogP) is 3.70. The molecule has 0 spiro atoms. The molecule has 0 radical (unpaired) electrons. The average Bonchev–Trinajstić information content (AvgIpc) is 4.12. The SMILES string of the molecule is CC[C@@H](C)[C@@H]1NC(=O)[C@H]([C@@H](C)CC)NC(=O)[C@H]([C@@H](C)CC)NC(=O)[C@H]([C@@H](C)CC)NC(=O)[C@H](Cc2ccccc2)NC(=O)[C@H](Cc2ccccc2)NC(=O)[C@@H]2CCCN2C(=O)[C@@H]2CCCN2C(=O)[C@H](C(C)C)NC1=O. The van der Waals surface area contributed by atoms with Gasteiger partial charge in [0.2, 0.25) is 53.2 Å². The van der Waals surface area contributed by atoms with Crippen LogP contribution >= 0.6 is 0 Å². The fourth-order valence-electron chi connectivity index (χ4n) is 10.2. The van der Waals surface area contributed by atoms with E-state index in [-0.39, 0.29) is 25.9 Å². The van der Waals surface area contributed by atoms with Crippen LogP contribution in [-0.2, 0) is 56.0 Å². The number of rotatable bonds is 13. The van der Waals surface area contributed by atoms with E-state index in [1.54, 1.807) is 34.6 Å². The summed E-state index contributed by atoms with van der Waals surface area (Å²) in [6.07, 6.45) is 3.57. The number of fused-ring (bicyclic) bond motifs is 2. The Morgan fingerprint density at radius 2 is 0.720 bits per heavy atom. The maximum atomic E-state index is 14.8. The lowest BCUT2D eigenvalue weighted by atomic mass is 9.92. The molecule has 0 bridgehead atoms. The van der Waals surface area contributed by atoms with Crippen molar-refractivity contribution in [1.29, 1.82) is 0 Å². The van der Waals surface area contributed by atoms with Crippen molar-refractivity contribution in [2.75, 3.05) is 13.1 Å². The zero-order valence-corrected chi connectivity index (χ0v) is 45.9. The van der Waals surface area contributed by atoms with Crippen molar-refractivity contribution < 1.29 is 43.2 Å². The second-order valence-electron chi connectivity index (χ2n) is 21.6. The Hall–Kier alpha value is -6.33. The van der Waals surface area contributed by atoms with Gasteiger partial charge in [-0.1, -0.05) is 156 Å². The Kier molecular flexibility index (Phi) is 22.2. The quantitative estimate of drug-likeness (QED) is 0.155. The Bertz CT molecular complexity index is 2300. The van der Waals surface area contributed by atoms with Crippen LogP contribution in [-0.4, -0.2) is 130 Å². The lowest BCUT2D eigenvalue weighted by Gasteiger charge is -2.35. The van der Waals surface area contributed by atoms with Crippen LogP contribution in [0, 0.1) is 29.6 Å². The first kappa shape index (κ1) is 59.5. The number of benzene rings is 2. The van der Waals surface area contributed by atoms with Crippen LogP contribution < -0.4 is 37.2 Å². The van der Waals surface area contributed by atoms with Gasteiger partial charge in [-0.25, -0.2) is 0 Å². The summed E-state index contributed by atoms with van der Waals surface area (Å²) in [5, 5.41) is 20.4. The molecule has 412 valence electrons. The fraction of sp³-hybridized carbons (Fsp3) is 0.632. The van der Waals surface area contributed by atoms with E-state index in [0.29, 0.717) is 56.9 Å². The lowest BCUT2D eigenvalue weighted by molar-refractivity contribution is -0.148. The van der Waals surface area contributed by atoms with E-state index in [1.807, 2.05) is 95.3 Å². The number of hydrogen-bond donors (Lipinski definition) is 7. The highest BCUT2D eigenvalue weighted by Gasteiger charge is 2.46. The van der Waals surface area contributed by atoms with Gasteiger partial charge in [0.15, 0.2) is 0 Å². The van der Waals surface area contributed by atoms with Crippen LogP contribution in [0.5, 0.6) is 0 Å². The molecule has 13 atom stereocenters. The zero-order chi connectivity index (χ0) is 55.1. The summed E-state index contributed by atoms with van der Waals surface area (Å²) < 4.78 is 0. The molecule has 3 aliphatic rings. The highest BCUT2D eigenvalue weighted by molar-refractivity contribution is 6.00. The second-order valence-corrected chi connectivity index (χ2v) is 21.6. The van der Waals surface area contributed by atoms with Crippen LogP contribution in [0.1, 0.15) is 132 Å². The summed E-state index contributed by atoms with van der Waals surface area (Å²) in [5.74, 6) is -7.43. The minimum atomic E-state index is -1.24.